The summed E-state index contributed by atoms with van der Waals surface area (Å²) < 4.78 is 39.3. The molecule has 1 aromatic rings. The fourth-order valence-corrected chi connectivity index (χ4v) is 5.81. The summed E-state index contributed by atoms with van der Waals surface area (Å²) in [6.45, 7) is 10.5. The zero-order valence-corrected chi connectivity index (χ0v) is 25.4. The number of carbonyl (C=O) groups excluding carboxylic acids is 3. The Bertz CT molecular complexity index is 1310. The highest BCUT2D eigenvalue weighted by molar-refractivity contribution is 14.1. The molecule has 0 radical (unpaired) electrons. The summed E-state index contributed by atoms with van der Waals surface area (Å²) in [6.07, 6.45) is 4.24. The summed E-state index contributed by atoms with van der Waals surface area (Å²) in [5.74, 6) is -3.07. The van der Waals surface area contributed by atoms with Crippen molar-refractivity contribution in [1.29, 1.82) is 0 Å². The van der Waals surface area contributed by atoms with Crippen LogP contribution >= 0.6 is 22.6 Å². The van der Waals surface area contributed by atoms with Gasteiger partial charge in [0.15, 0.2) is 0 Å². The van der Waals surface area contributed by atoms with E-state index in [2.05, 4.69) is 35.7 Å². The predicted octanol–water partition coefficient (Wildman–Crippen LogP) is 2.95. The van der Waals surface area contributed by atoms with E-state index >= 15 is 0 Å². The van der Waals surface area contributed by atoms with Crippen LogP contribution in [0.3, 0.4) is 0 Å². The van der Waals surface area contributed by atoms with Crippen LogP contribution < -0.4 is 4.74 Å². The van der Waals surface area contributed by atoms with Crippen LogP contribution in [0, 0.1) is 21.3 Å². The van der Waals surface area contributed by atoms with Crippen LogP contribution in [0.5, 0.6) is 5.75 Å². The lowest BCUT2D eigenvalue weighted by atomic mass is 9.74. The number of hydrogen-bond acceptors (Lipinski definition) is 10. The van der Waals surface area contributed by atoms with Gasteiger partial charge in [-0.05, 0) is 46.7 Å². The molecule has 2 aliphatic rings. The lowest BCUT2D eigenvalue weighted by Gasteiger charge is -2.47. The first-order valence-corrected chi connectivity index (χ1v) is 15.3. The fourth-order valence-electron chi connectivity index (χ4n) is 4.69. The highest BCUT2D eigenvalue weighted by Gasteiger charge is 2.61. The van der Waals surface area contributed by atoms with Crippen molar-refractivity contribution in [3.63, 3.8) is 0 Å². The van der Waals surface area contributed by atoms with E-state index in [1.165, 1.54) is 17.1 Å². The number of esters is 1. The summed E-state index contributed by atoms with van der Waals surface area (Å²) in [5.41, 5.74) is 1.53. The Morgan fingerprint density at radius 2 is 1.90 bits per heavy atom. The second-order valence-corrected chi connectivity index (χ2v) is 12.2. The fraction of sp³-hybridized carbons (Fsp3) is 0.444. The van der Waals surface area contributed by atoms with Crippen LogP contribution in [0.15, 0.2) is 54.8 Å². The van der Waals surface area contributed by atoms with E-state index < -0.39 is 39.9 Å². The van der Waals surface area contributed by atoms with Crippen LogP contribution in [0.2, 0.25) is 0 Å². The minimum Gasteiger partial charge on any atom is -0.488 e. The quantitative estimate of drug-likeness (QED) is 0.0396. The number of halogens is 1. The van der Waals surface area contributed by atoms with Crippen LogP contribution in [0.4, 0.5) is 0 Å². The van der Waals surface area contributed by atoms with Crippen molar-refractivity contribution < 1.29 is 46.2 Å². The van der Waals surface area contributed by atoms with Gasteiger partial charge in [0.2, 0.25) is 5.91 Å². The molecule has 4 atom stereocenters. The van der Waals surface area contributed by atoms with Gasteiger partial charge >= 0.3 is 11.9 Å². The van der Waals surface area contributed by atoms with Crippen molar-refractivity contribution in [2.24, 2.45) is 17.8 Å². The molecule has 1 amide bonds. The standard InChI is InChI=1S/C27H32INO10S/c1-6-11-35-27(32)24-19(15-36-21-9-8-18(14-20(21)28)10-13-38-40(5,33)34)16(3)23-22(25(30)29(23)24)17(4)26(31)39-37-12-7-2/h6-9,14,16-17,22-23H,1-2,10-13,15H2,3-5H3/t16-,17?,22?,23?/m0/s1. The first-order valence-electron chi connectivity index (χ1n) is 12.4. The molecule has 13 heteroatoms. The van der Waals surface area contributed by atoms with E-state index in [9.17, 15) is 22.8 Å². The Morgan fingerprint density at radius 1 is 1.20 bits per heavy atom. The molecule has 2 heterocycles. The van der Waals surface area contributed by atoms with Crippen molar-refractivity contribution in [2.45, 2.75) is 26.3 Å². The SMILES string of the molecule is C=CCOOC(=O)C(C)C1C(=O)N2C(C(=O)OCC=C)=C(COc3ccc(CCOS(C)(=O)=O)cc3I)[C@H](C)C12. The van der Waals surface area contributed by atoms with Crippen LogP contribution in [-0.4, -0.2) is 69.9 Å². The minimum atomic E-state index is -3.52. The molecular formula is C27H32INO10S. The molecule has 0 bridgehead atoms. The van der Waals surface area contributed by atoms with Gasteiger partial charge in [-0.25, -0.2) is 9.59 Å². The van der Waals surface area contributed by atoms with Gasteiger partial charge in [-0.1, -0.05) is 38.6 Å². The van der Waals surface area contributed by atoms with Gasteiger partial charge in [0.25, 0.3) is 10.1 Å². The van der Waals surface area contributed by atoms with E-state index in [0.29, 0.717) is 17.7 Å². The third-order valence-corrected chi connectivity index (χ3v) is 8.06. The number of amides is 1. The Balaban J connectivity index is 1.77. The van der Waals surface area contributed by atoms with Gasteiger partial charge < -0.3 is 14.4 Å². The lowest BCUT2D eigenvalue weighted by Crippen LogP contribution is -2.63. The number of rotatable bonds is 15. The molecule has 218 valence electrons. The predicted molar refractivity (Wildman–Crippen MR) is 152 cm³/mol. The normalized spacial score (nSPS) is 20.9. The molecule has 0 saturated carbocycles. The molecule has 1 fully saturated rings. The molecule has 1 saturated heterocycles. The van der Waals surface area contributed by atoms with Gasteiger partial charge in [0.05, 0.1) is 34.3 Å². The third-order valence-electron chi connectivity index (χ3n) is 6.63. The van der Waals surface area contributed by atoms with E-state index in [-0.39, 0.29) is 43.9 Å². The maximum Gasteiger partial charge on any atom is 0.355 e. The monoisotopic (exact) mass is 689 g/mol. The van der Waals surface area contributed by atoms with Gasteiger partial charge in [-0.2, -0.15) is 13.3 Å². The van der Waals surface area contributed by atoms with E-state index in [1.807, 2.05) is 13.0 Å². The highest BCUT2D eigenvalue weighted by Crippen LogP contribution is 2.49. The van der Waals surface area contributed by atoms with Crippen molar-refractivity contribution in [1.82, 2.24) is 4.90 Å². The molecular weight excluding hydrogens is 657 g/mol. The molecule has 11 nitrogen and oxygen atoms in total. The lowest BCUT2D eigenvalue weighted by molar-refractivity contribution is -0.271. The molecule has 3 rings (SSSR count). The third kappa shape index (κ3) is 7.30. The average molecular weight is 690 g/mol. The molecule has 0 aromatic heterocycles. The van der Waals surface area contributed by atoms with Gasteiger partial charge in [-0.15, -0.1) is 6.58 Å². The molecule has 2 aliphatic heterocycles. The zero-order chi connectivity index (χ0) is 29.6. The smallest absolute Gasteiger partial charge is 0.355 e. The highest BCUT2D eigenvalue weighted by atomic mass is 127. The maximum atomic E-state index is 13.2. The van der Waals surface area contributed by atoms with E-state index in [1.54, 1.807) is 19.1 Å². The number of benzene rings is 1. The second-order valence-electron chi connectivity index (χ2n) is 9.37. The number of fused-ring (bicyclic) bond motifs is 1. The topological polar surface area (TPSA) is 135 Å². The summed E-state index contributed by atoms with van der Waals surface area (Å²) >= 11 is 2.10. The van der Waals surface area contributed by atoms with Crippen LogP contribution in [0.1, 0.15) is 19.4 Å². The number of carbonyl (C=O) groups is 3. The largest absolute Gasteiger partial charge is 0.488 e. The van der Waals surface area contributed by atoms with Crippen molar-refractivity contribution in [2.75, 3.05) is 32.7 Å². The Hall–Kier alpha value is -2.75. The summed E-state index contributed by atoms with van der Waals surface area (Å²) in [7, 11) is -3.52. The van der Waals surface area contributed by atoms with E-state index in [4.69, 9.17) is 23.4 Å². The Morgan fingerprint density at radius 3 is 2.52 bits per heavy atom. The van der Waals surface area contributed by atoms with Gasteiger partial charge in [-0.3, -0.25) is 13.9 Å². The van der Waals surface area contributed by atoms with Gasteiger partial charge in [0, 0.05) is 11.5 Å². The molecule has 1 aromatic carbocycles. The van der Waals surface area contributed by atoms with E-state index in [0.717, 1.165) is 15.4 Å². The number of hydrogen-bond donors (Lipinski definition) is 0. The second kappa shape index (κ2) is 13.7. The average Bonchev–Trinajstić information content (AvgIpc) is 3.14. The first-order chi connectivity index (χ1) is 18.9. The molecule has 0 aliphatic carbocycles. The zero-order valence-electron chi connectivity index (χ0n) is 22.5. The van der Waals surface area contributed by atoms with Crippen LogP contribution in [-0.2, 0) is 49.6 Å². The number of ether oxygens (including phenoxy) is 2. The number of nitrogens with zero attached hydrogens (tertiary/aromatic N) is 1. The summed E-state index contributed by atoms with van der Waals surface area (Å²) in [4.78, 5) is 49.7. The van der Waals surface area contributed by atoms with Crippen molar-refractivity contribution in [3.05, 3.63) is 63.9 Å². The van der Waals surface area contributed by atoms with Crippen LogP contribution in [0.25, 0.3) is 0 Å². The van der Waals surface area contributed by atoms with Gasteiger partial charge in [0.1, 0.15) is 31.3 Å². The molecule has 3 unspecified atom stereocenters. The maximum absolute atomic E-state index is 13.2. The summed E-state index contributed by atoms with van der Waals surface area (Å²) in [5, 5.41) is 0. The van der Waals surface area contributed by atoms with Crippen molar-refractivity contribution in [3.8, 4) is 5.75 Å². The molecule has 0 N–H and O–H groups in total. The molecule has 0 spiro atoms. The Kier molecular flexibility index (Phi) is 10.9. The van der Waals surface area contributed by atoms with Crippen molar-refractivity contribution >= 4 is 50.6 Å². The minimum absolute atomic E-state index is 0.000496. The summed E-state index contributed by atoms with van der Waals surface area (Å²) in [6, 6.07) is 4.93. The molecule has 40 heavy (non-hydrogen) atoms. The Labute approximate surface area is 247 Å². The first kappa shape index (κ1) is 31.8. The number of β-lactam (4-membered cyclic amide) rings is 1.